The summed E-state index contributed by atoms with van der Waals surface area (Å²) in [5.41, 5.74) is 0.191. The molecule has 20 heteroatoms. The number of aromatic nitrogens is 6. The second-order valence-electron chi connectivity index (χ2n) is 17.5. The summed E-state index contributed by atoms with van der Waals surface area (Å²) in [5, 5.41) is 14.8. The number of carbonyl (C=O) groups is 2. The van der Waals surface area contributed by atoms with E-state index in [0.29, 0.717) is 13.1 Å². The summed E-state index contributed by atoms with van der Waals surface area (Å²) in [7, 11) is 7.72. The molecule has 6 rings (SSSR count). The average molecular weight is 879 g/mol. The van der Waals surface area contributed by atoms with Crippen molar-refractivity contribution in [3.8, 4) is 11.8 Å². The Balaban J connectivity index is 0.000000234. The number of ether oxygens (including phenoxy) is 2. The number of hydrogen-bond acceptors (Lipinski definition) is 10. The van der Waals surface area contributed by atoms with E-state index >= 15 is 0 Å². The van der Waals surface area contributed by atoms with E-state index in [9.17, 15) is 35.9 Å². The van der Waals surface area contributed by atoms with Crippen LogP contribution in [0.5, 0.6) is 11.8 Å². The van der Waals surface area contributed by atoms with Gasteiger partial charge in [0.15, 0.2) is 0 Å². The predicted molar refractivity (Wildman–Crippen MR) is 217 cm³/mol. The maximum absolute atomic E-state index is 13.2. The van der Waals surface area contributed by atoms with E-state index in [1.54, 1.807) is 37.1 Å². The molecule has 0 bridgehead atoms. The van der Waals surface area contributed by atoms with E-state index in [1.165, 1.54) is 24.5 Å². The second-order valence-corrected chi connectivity index (χ2v) is 17.5. The van der Waals surface area contributed by atoms with Gasteiger partial charge in [-0.1, -0.05) is 0 Å². The van der Waals surface area contributed by atoms with E-state index in [0.717, 1.165) is 47.7 Å². The van der Waals surface area contributed by atoms with Crippen LogP contribution in [0, 0.1) is 24.7 Å². The predicted octanol–water partition coefficient (Wildman–Crippen LogP) is 5.52. The van der Waals surface area contributed by atoms with Crippen molar-refractivity contribution >= 4 is 11.8 Å². The Labute approximate surface area is 357 Å². The van der Waals surface area contributed by atoms with Gasteiger partial charge >= 0.3 is 12.4 Å². The molecule has 2 saturated heterocycles. The molecule has 0 unspecified atom stereocenters. The lowest BCUT2D eigenvalue weighted by molar-refractivity contribution is -0.141. The summed E-state index contributed by atoms with van der Waals surface area (Å²) >= 11 is 0. The highest BCUT2D eigenvalue weighted by molar-refractivity contribution is 5.83. The zero-order valence-corrected chi connectivity index (χ0v) is 36.6. The molecular formula is C42H56F6N10O4. The number of amides is 2. The van der Waals surface area contributed by atoms with Crippen LogP contribution in [0.4, 0.5) is 26.3 Å². The van der Waals surface area contributed by atoms with Crippen LogP contribution in [0.1, 0.15) is 73.2 Å². The van der Waals surface area contributed by atoms with Crippen LogP contribution in [-0.4, -0.2) is 117 Å². The van der Waals surface area contributed by atoms with Crippen LogP contribution >= 0.6 is 0 Å². The van der Waals surface area contributed by atoms with Crippen LogP contribution < -0.4 is 20.1 Å². The first-order chi connectivity index (χ1) is 28.8. The SMILES string of the molecule is Cc1c([C@@H]2CN(C)C[C@H]2NC(=O)C(C)(C)COc2ncccc2C(F)(F)F)cnn1C.Cc1c([C@H]2CN(C)C[C@@H]2NC(=O)C(C)(C)COc2ncccc2C(F)(F)F)cnn1C. The van der Waals surface area contributed by atoms with Gasteiger partial charge in [-0.3, -0.25) is 19.0 Å². The maximum atomic E-state index is 13.2. The maximum Gasteiger partial charge on any atom is 0.421 e. The summed E-state index contributed by atoms with van der Waals surface area (Å²) in [6.07, 6.45) is -3.06. The molecule has 6 heterocycles. The third-order valence-corrected chi connectivity index (χ3v) is 11.5. The Kier molecular flexibility index (Phi) is 14.4. The van der Waals surface area contributed by atoms with Crippen LogP contribution in [0.25, 0.3) is 0 Å². The lowest BCUT2D eigenvalue weighted by atomic mass is 9.90. The third-order valence-electron chi connectivity index (χ3n) is 11.5. The van der Waals surface area contributed by atoms with Crippen LogP contribution in [0.15, 0.2) is 49.1 Å². The Morgan fingerprint density at radius 1 is 0.645 bits per heavy atom. The normalized spacial score (nSPS) is 20.1. The third kappa shape index (κ3) is 11.2. The van der Waals surface area contributed by atoms with Crippen molar-refractivity contribution in [3.05, 3.63) is 82.7 Å². The van der Waals surface area contributed by atoms with Crippen LogP contribution in [-0.2, 0) is 36.0 Å². The number of likely N-dealkylation sites (tertiary alicyclic amines) is 2. The van der Waals surface area contributed by atoms with Gasteiger partial charge in [-0.05, 0) is 91.0 Å². The average Bonchev–Trinajstić information content (AvgIpc) is 3.94. The minimum atomic E-state index is -4.58. The molecule has 2 N–H and O–H groups in total. The molecule has 4 aromatic rings. The molecule has 62 heavy (non-hydrogen) atoms. The zero-order chi connectivity index (χ0) is 45.9. The lowest BCUT2D eigenvalue weighted by Gasteiger charge is -2.28. The summed E-state index contributed by atoms with van der Waals surface area (Å²) in [6, 6.07) is 3.94. The highest BCUT2D eigenvalue weighted by Gasteiger charge is 2.42. The molecular weight excluding hydrogens is 823 g/mol. The van der Waals surface area contributed by atoms with Crippen molar-refractivity contribution in [2.75, 3.05) is 53.5 Å². The number of pyridine rings is 2. The minimum absolute atomic E-state index is 0.0759. The fraction of sp³-hybridized carbons (Fsp3) is 0.571. The van der Waals surface area contributed by atoms with Gasteiger partial charge in [0.05, 0.1) is 23.2 Å². The van der Waals surface area contributed by atoms with Gasteiger partial charge in [0.25, 0.3) is 0 Å². The van der Waals surface area contributed by atoms with Crippen LogP contribution in [0.3, 0.4) is 0 Å². The van der Waals surface area contributed by atoms with Gasteiger partial charge < -0.3 is 29.9 Å². The Bertz CT molecular complexity index is 2030. The van der Waals surface area contributed by atoms with Crippen molar-refractivity contribution in [2.45, 2.75) is 77.8 Å². The number of alkyl halides is 6. The quantitative estimate of drug-likeness (QED) is 0.175. The highest BCUT2D eigenvalue weighted by atomic mass is 19.4. The fourth-order valence-corrected chi connectivity index (χ4v) is 7.48. The number of carbonyl (C=O) groups excluding carboxylic acids is 2. The molecule has 0 aliphatic carbocycles. The molecule has 2 amide bonds. The van der Waals surface area contributed by atoms with Gasteiger partial charge in [0, 0.05) is 88.0 Å². The van der Waals surface area contributed by atoms with E-state index in [4.69, 9.17) is 9.47 Å². The van der Waals surface area contributed by atoms with Crippen LogP contribution in [0.2, 0.25) is 0 Å². The summed E-state index contributed by atoms with van der Waals surface area (Å²) < 4.78 is 93.3. The number of likely N-dealkylation sites (N-methyl/N-ethyl adjacent to an activating group) is 2. The number of rotatable bonds is 12. The molecule has 0 aromatic carbocycles. The molecule has 2 aliphatic rings. The van der Waals surface area contributed by atoms with Crippen molar-refractivity contribution < 1.29 is 45.4 Å². The number of aryl methyl sites for hydroxylation is 2. The topological polar surface area (TPSA) is 145 Å². The Hall–Kier alpha value is -5.24. The molecule has 14 nitrogen and oxygen atoms in total. The number of nitrogens with one attached hydrogen (secondary N) is 2. The number of hydrogen-bond donors (Lipinski definition) is 2. The molecule has 4 aromatic heterocycles. The molecule has 0 spiro atoms. The first-order valence-corrected chi connectivity index (χ1v) is 20.1. The zero-order valence-electron chi connectivity index (χ0n) is 36.6. The van der Waals surface area contributed by atoms with E-state index < -0.39 is 46.1 Å². The summed E-state index contributed by atoms with van der Waals surface area (Å²) in [6.45, 7) is 12.9. The number of nitrogens with zero attached hydrogens (tertiary/aromatic N) is 8. The lowest BCUT2D eigenvalue weighted by Crippen LogP contribution is -2.48. The van der Waals surface area contributed by atoms with Gasteiger partial charge in [-0.15, -0.1) is 0 Å². The largest absolute Gasteiger partial charge is 0.476 e. The van der Waals surface area contributed by atoms with Gasteiger partial charge in [0.2, 0.25) is 23.6 Å². The second kappa shape index (κ2) is 18.6. The smallest absolute Gasteiger partial charge is 0.421 e. The first kappa shape index (κ1) is 47.8. The van der Waals surface area contributed by atoms with E-state index in [1.807, 2.05) is 54.4 Å². The molecule has 0 saturated carbocycles. The van der Waals surface area contributed by atoms with Crippen molar-refractivity contribution in [2.24, 2.45) is 24.9 Å². The highest BCUT2D eigenvalue weighted by Crippen LogP contribution is 2.37. The van der Waals surface area contributed by atoms with Gasteiger partial charge in [-0.2, -0.15) is 36.5 Å². The fourth-order valence-electron chi connectivity index (χ4n) is 7.48. The van der Waals surface area contributed by atoms with Gasteiger partial charge in [-0.25, -0.2) is 9.97 Å². The molecule has 2 aliphatic heterocycles. The van der Waals surface area contributed by atoms with Gasteiger partial charge in [0.1, 0.15) is 24.3 Å². The Morgan fingerprint density at radius 2 is 1.00 bits per heavy atom. The summed E-state index contributed by atoms with van der Waals surface area (Å²) in [5.74, 6) is -1.48. The van der Waals surface area contributed by atoms with Crippen molar-refractivity contribution in [3.63, 3.8) is 0 Å². The Morgan fingerprint density at radius 3 is 1.31 bits per heavy atom. The van der Waals surface area contributed by atoms with E-state index in [2.05, 4.69) is 40.6 Å². The molecule has 340 valence electrons. The first-order valence-electron chi connectivity index (χ1n) is 20.1. The van der Waals surface area contributed by atoms with Crippen molar-refractivity contribution in [1.29, 1.82) is 0 Å². The minimum Gasteiger partial charge on any atom is -0.476 e. The number of halogens is 6. The standard InChI is InChI=1S/2C21H28F3N5O2/c2*1-13-14(9-26-29(13)5)15-10-28(4)11-17(15)27-19(30)20(2,3)12-31-18-16(21(22,23)24)7-6-8-25-18/h2*6-9,15,17H,10-12H2,1-5H3,(H,27,30)/t2*15-,17+/m10/s1. The van der Waals surface area contributed by atoms with Crippen molar-refractivity contribution in [1.82, 2.24) is 50.0 Å². The molecule has 2 fully saturated rings. The van der Waals surface area contributed by atoms with E-state index in [-0.39, 0.29) is 48.9 Å². The molecule has 0 radical (unpaired) electrons. The monoisotopic (exact) mass is 878 g/mol. The summed E-state index contributed by atoms with van der Waals surface area (Å²) in [4.78, 5) is 37.7. The molecule has 4 atom stereocenters.